The second kappa shape index (κ2) is 8.19. The van der Waals surface area contributed by atoms with E-state index in [9.17, 15) is 4.79 Å². The fourth-order valence-electron chi connectivity index (χ4n) is 1.85. The van der Waals surface area contributed by atoms with Crippen LogP contribution in [0.15, 0.2) is 22.7 Å². The molecular weight excluding hydrogens is 304 g/mol. The number of amides is 1. The number of nitrogens with one attached hydrogen (secondary N) is 1. The summed E-state index contributed by atoms with van der Waals surface area (Å²) in [6, 6.07) is 4.04. The third kappa shape index (κ3) is 4.31. The number of rotatable bonds is 8. The molecular formula is C14H20N4OS2. The molecule has 0 spiro atoms. The molecule has 0 unspecified atom stereocenters. The Labute approximate surface area is 133 Å². The van der Waals surface area contributed by atoms with Crippen LogP contribution in [0.1, 0.15) is 26.7 Å². The first-order valence-corrected chi connectivity index (χ1v) is 8.99. The molecule has 0 aliphatic heterocycles. The van der Waals surface area contributed by atoms with Crippen molar-refractivity contribution in [3.63, 3.8) is 0 Å². The van der Waals surface area contributed by atoms with Crippen LogP contribution in [0, 0.1) is 0 Å². The van der Waals surface area contributed by atoms with Crippen LogP contribution in [0.5, 0.6) is 0 Å². The Balaban J connectivity index is 1.96. The average molecular weight is 324 g/mol. The van der Waals surface area contributed by atoms with Crippen molar-refractivity contribution in [3.05, 3.63) is 17.5 Å². The molecule has 0 bridgehead atoms. The third-order valence-electron chi connectivity index (χ3n) is 2.96. The molecule has 2 aromatic rings. The molecule has 0 radical (unpaired) electrons. The Morgan fingerprint density at radius 3 is 2.95 bits per heavy atom. The van der Waals surface area contributed by atoms with Gasteiger partial charge in [0.25, 0.3) is 0 Å². The van der Waals surface area contributed by atoms with Crippen molar-refractivity contribution >= 4 is 29.0 Å². The molecule has 0 atom stereocenters. The minimum Gasteiger partial charge on any atom is -0.355 e. The zero-order valence-corrected chi connectivity index (χ0v) is 14.0. The number of unbranched alkanes of at least 4 members (excludes halogenated alkanes) is 1. The average Bonchev–Trinajstić information content (AvgIpc) is 3.13. The number of hydrogen-bond donors (Lipinski definition) is 1. The van der Waals surface area contributed by atoms with Crippen LogP contribution >= 0.6 is 23.1 Å². The molecule has 2 heterocycles. The van der Waals surface area contributed by atoms with E-state index in [1.165, 1.54) is 11.8 Å². The Bertz CT molecular complexity index is 566. The maximum absolute atomic E-state index is 11.7. The van der Waals surface area contributed by atoms with Crippen molar-refractivity contribution in [2.24, 2.45) is 0 Å². The quantitative estimate of drug-likeness (QED) is 0.599. The highest BCUT2D eigenvalue weighted by Gasteiger charge is 2.14. The lowest BCUT2D eigenvalue weighted by Gasteiger charge is -2.06. The second-order valence-electron chi connectivity index (χ2n) is 4.52. The molecule has 1 N–H and O–H groups in total. The highest BCUT2D eigenvalue weighted by molar-refractivity contribution is 7.99. The zero-order chi connectivity index (χ0) is 15.1. The van der Waals surface area contributed by atoms with Gasteiger partial charge in [0.2, 0.25) is 5.91 Å². The van der Waals surface area contributed by atoms with Crippen molar-refractivity contribution in [1.29, 1.82) is 0 Å². The van der Waals surface area contributed by atoms with Gasteiger partial charge in [-0.2, -0.15) is 0 Å². The molecule has 0 saturated heterocycles. The Morgan fingerprint density at radius 1 is 1.43 bits per heavy atom. The fraction of sp³-hybridized carbons (Fsp3) is 0.500. The summed E-state index contributed by atoms with van der Waals surface area (Å²) in [6.07, 6.45) is 2.10. The highest BCUT2D eigenvalue weighted by atomic mass is 32.2. The molecule has 0 aliphatic carbocycles. The van der Waals surface area contributed by atoms with Crippen molar-refractivity contribution < 1.29 is 4.79 Å². The number of nitrogens with zero attached hydrogens (tertiary/aromatic N) is 3. The molecule has 21 heavy (non-hydrogen) atoms. The standard InChI is InChI=1S/C14H20N4OS2/c1-3-5-8-15-12(19)10-21-14-17-16-13(18(14)4-2)11-7-6-9-20-11/h6-7,9H,3-5,8,10H2,1-2H3,(H,15,19). The number of hydrogen-bond acceptors (Lipinski definition) is 5. The second-order valence-corrected chi connectivity index (χ2v) is 6.41. The van der Waals surface area contributed by atoms with Crippen LogP contribution in [-0.2, 0) is 11.3 Å². The van der Waals surface area contributed by atoms with Gasteiger partial charge in [-0.05, 0) is 24.8 Å². The predicted octanol–water partition coefficient (Wildman–Crippen LogP) is 3.03. The first-order valence-electron chi connectivity index (χ1n) is 7.12. The summed E-state index contributed by atoms with van der Waals surface area (Å²) in [5.41, 5.74) is 0. The smallest absolute Gasteiger partial charge is 0.230 e. The van der Waals surface area contributed by atoms with Crippen molar-refractivity contribution in [2.45, 2.75) is 38.4 Å². The molecule has 2 aromatic heterocycles. The number of carbonyl (C=O) groups excluding carboxylic acids is 1. The lowest BCUT2D eigenvalue weighted by molar-refractivity contribution is -0.118. The number of carbonyl (C=O) groups is 1. The summed E-state index contributed by atoms with van der Waals surface area (Å²) in [5, 5.41) is 14.2. The first-order chi connectivity index (χ1) is 10.3. The maximum atomic E-state index is 11.7. The van der Waals surface area contributed by atoms with Crippen molar-refractivity contribution in [2.75, 3.05) is 12.3 Å². The van der Waals surface area contributed by atoms with Crippen LogP contribution in [0.3, 0.4) is 0 Å². The Hall–Kier alpha value is -1.34. The van der Waals surface area contributed by atoms with E-state index in [0.717, 1.165) is 41.8 Å². The highest BCUT2D eigenvalue weighted by Crippen LogP contribution is 2.26. The maximum Gasteiger partial charge on any atom is 0.230 e. The summed E-state index contributed by atoms with van der Waals surface area (Å²) in [7, 11) is 0. The largest absolute Gasteiger partial charge is 0.355 e. The summed E-state index contributed by atoms with van der Waals surface area (Å²) in [6.45, 7) is 5.71. The number of aromatic nitrogens is 3. The van der Waals surface area contributed by atoms with E-state index in [1.54, 1.807) is 11.3 Å². The first kappa shape index (κ1) is 16.0. The van der Waals surface area contributed by atoms with Crippen LogP contribution in [0.2, 0.25) is 0 Å². The lowest BCUT2D eigenvalue weighted by Crippen LogP contribution is -2.26. The van der Waals surface area contributed by atoms with Crippen LogP contribution in [0.25, 0.3) is 10.7 Å². The van der Waals surface area contributed by atoms with Gasteiger partial charge in [-0.1, -0.05) is 31.2 Å². The summed E-state index contributed by atoms with van der Waals surface area (Å²) < 4.78 is 2.05. The zero-order valence-electron chi connectivity index (χ0n) is 12.3. The summed E-state index contributed by atoms with van der Waals surface area (Å²) in [5.74, 6) is 1.31. The van der Waals surface area contributed by atoms with Crippen molar-refractivity contribution in [3.8, 4) is 10.7 Å². The molecule has 114 valence electrons. The van der Waals surface area contributed by atoms with Gasteiger partial charge in [-0.25, -0.2) is 0 Å². The number of thiophene rings is 1. The van der Waals surface area contributed by atoms with Crippen LogP contribution in [-0.4, -0.2) is 33.0 Å². The minimum atomic E-state index is 0.0526. The predicted molar refractivity (Wildman–Crippen MR) is 87.7 cm³/mol. The van der Waals surface area contributed by atoms with Gasteiger partial charge in [-0.3, -0.25) is 4.79 Å². The van der Waals surface area contributed by atoms with Gasteiger partial charge in [-0.15, -0.1) is 21.5 Å². The van der Waals surface area contributed by atoms with Crippen molar-refractivity contribution in [1.82, 2.24) is 20.1 Å². The summed E-state index contributed by atoms with van der Waals surface area (Å²) in [4.78, 5) is 12.8. The normalized spacial score (nSPS) is 10.8. The van der Waals surface area contributed by atoms with E-state index in [0.29, 0.717) is 5.75 Å². The molecule has 7 heteroatoms. The van der Waals surface area contributed by atoms with E-state index in [-0.39, 0.29) is 5.91 Å². The Kier molecular flexibility index (Phi) is 6.25. The van der Waals surface area contributed by atoms with Gasteiger partial charge in [0.1, 0.15) is 0 Å². The van der Waals surface area contributed by atoms with E-state index in [4.69, 9.17) is 0 Å². The molecule has 1 amide bonds. The Morgan fingerprint density at radius 2 is 2.29 bits per heavy atom. The van der Waals surface area contributed by atoms with Gasteiger partial charge in [0, 0.05) is 13.1 Å². The third-order valence-corrected chi connectivity index (χ3v) is 4.79. The molecule has 2 rings (SSSR count). The van der Waals surface area contributed by atoms with E-state index < -0.39 is 0 Å². The van der Waals surface area contributed by atoms with Gasteiger partial charge < -0.3 is 9.88 Å². The number of thioether (sulfide) groups is 1. The molecule has 0 saturated carbocycles. The van der Waals surface area contributed by atoms with E-state index >= 15 is 0 Å². The monoisotopic (exact) mass is 324 g/mol. The minimum absolute atomic E-state index is 0.0526. The molecule has 0 fully saturated rings. The molecule has 5 nitrogen and oxygen atoms in total. The van der Waals surface area contributed by atoms with Crippen LogP contribution in [0.4, 0.5) is 0 Å². The van der Waals surface area contributed by atoms with E-state index in [1.807, 2.05) is 17.5 Å². The van der Waals surface area contributed by atoms with Crippen LogP contribution < -0.4 is 5.32 Å². The fourth-order valence-corrected chi connectivity index (χ4v) is 3.40. The van der Waals surface area contributed by atoms with Gasteiger partial charge in [0.15, 0.2) is 11.0 Å². The summed E-state index contributed by atoms with van der Waals surface area (Å²) >= 11 is 3.08. The SMILES string of the molecule is CCCCNC(=O)CSc1nnc(-c2cccs2)n1CC. The topological polar surface area (TPSA) is 59.8 Å². The van der Waals surface area contributed by atoms with Gasteiger partial charge in [0.05, 0.1) is 10.6 Å². The molecule has 0 aliphatic rings. The lowest BCUT2D eigenvalue weighted by atomic mass is 10.3. The molecule has 0 aromatic carbocycles. The van der Waals surface area contributed by atoms with E-state index in [2.05, 4.69) is 33.9 Å². The van der Waals surface area contributed by atoms with Gasteiger partial charge >= 0.3 is 0 Å².